The van der Waals surface area contributed by atoms with E-state index in [9.17, 15) is 14.7 Å². The molecule has 0 aliphatic carbocycles. The zero-order valence-electron chi connectivity index (χ0n) is 31.0. The third kappa shape index (κ3) is 45.1. The number of benzene rings is 1. The molecule has 0 saturated heterocycles. The smallest absolute Gasteiger partial charge is 0.129 e. The largest absolute Gasteiger partial charge is 0.497 e. The Bertz CT molecular complexity index is 877. The summed E-state index contributed by atoms with van der Waals surface area (Å²) in [6.07, 6.45) is 11.3. The molecule has 0 heterocycles. The minimum atomic E-state index is -0.0556. The van der Waals surface area contributed by atoms with E-state index in [1.54, 1.807) is 25.6 Å². The molecule has 0 aliphatic heterocycles. The fraction of sp³-hybridized carbons (Fsp3) is 0.632. The van der Waals surface area contributed by atoms with E-state index in [4.69, 9.17) is 12.3 Å². The van der Waals surface area contributed by atoms with Crippen LogP contribution in [0.5, 0.6) is 0 Å². The van der Waals surface area contributed by atoms with Crippen LogP contribution in [0.3, 0.4) is 0 Å². The van der Waals surface area contributed by atoms with Crippen LogP contribution in [0.4, 0.5) is 0 Å². The maximum absolute atomic E-state index is 10.0. The maximum atomic E-state index is 10.0. The van der Waals surface area contributed by atoms with Gasteiger partial charge in [-0.05, 0) is 81.9 Å². The van der Waals surface area contributed by atoms with Gasteiger partial charge < -0.3 is 32.3 Å². The molecule has 7 heteroatoms. The van der Waals surface area contributed by atoms with Crippen molar-refractivity contribution < 1.29 is 45.8 Å². The second-order valence-corrected chi connectivity index (χ2v) is 12.3. The monoisotopic (exact) mass is 872 g/mol. The summed E-state index contributed by atoms with van der Waals surface area (Å²) in [6.45, 7) is 29.9. The first kappa shape index (κ1) is 53.4. The van der Waals surface area contributed by atoms with Crippen LogP contribution in [-0.4, -0.2) is 28.8 Å². The fourth-order valence-electron chi connectivity index (χ4n) is 3.07. The van der Waals surface area contributed by atoms with Crippen molar-refractivity contribution in [3.05, 3.63) is 65.2 Å². The van der Waals surface area contributed by atoms with Crippen LogP contribution in [0.1, 0.15) is 146 Å². The summed E-state index contributed by atoms with van der Waals surface area (Å²) < 4.78 is 0. The normalized spacial score (nSPS) is 10.9. The van der Waals surface area contributed by atoms with Crippen molar-refractivity contribution in [3.8, 4) is 0 Å². The average Bonchev–Trinajstić information content (AvgIpc) is 2.95. The molecule has 2 atom stereocenters. The molecule has 0 saturated carbocycles. The number of nitrogens with one attached hydrogen (secondary N) is 1. The molecular formula is C38H69N2O3SU-. The summed E-state index contributed by atoms with van der Waals surface area (Å²) in [5.41, 5.74) is 8.95. The van der Waals surface area contributed by atoms with Gasteiger partial charge in [0.2, 0.25) is 0 Å². The van der Waals surface area contributed by atoms with Gasteiger partial charge in [0.1, 0.15) is 11.6 Å². The molecule has 0 aliphatic rings. The first-order chi connectivity index (χ1) is 20.7. The van der Waals surface area contributed by atoms with Crippen LogP contribution < -0.4 is 11.1 Å². The average molecular weight is 872 g/mol. The molecule has 1 aromatic rings. The van der Waals surface area contributed by atoms with Gasteiger partial charge in [0.25, 0.3) is 0 Å². The number of allylic oxidation sites excluding steroid dienone is 2. The SMILES string of the molecule is CC(C)N.CCC(C)=O.CCCC(C)=O.CCCC(O)CC(C)CC.[CH-]=CNCc1ccc(C(S/C=C\CC)=C(C)C)cc1.[U]. The Kier molecular flexibility index (Phi) is 46.4. The van der Waals surface area contributed by atoms with E-state index < -0.39 is 0 Å². The zero-order chi connectivity index (χ0) is 34.9. The standard InChI is InChI=1S/C17H22NS.C9H20O.C5H10O.C4H8O.C3H9N.U/c1-5-7-12-19-17(14(3)4)16-10-8-15(9-11-16)13-18-6-2;1-4-6-9(10)7-8(3)5-2;1-3-4-5(2)6;1-3-4(2)5;1-3(2)4;/h2,6-12,18H,5,13H2,1,3-4H3;8-10H,4-7H2,1-3H3;3-4H2,1-2H3;3H2,1-2H3;3H,4H2,1-2H3;/q-1;;;;;/b12-7-;;;;;. The van der Waals surface area contributed by atoms with E-state index in [0.29, 0.717) is 18.4 Å². The molecule has 0 bridgehead atoms. The Morgan fingerprint density at radius 2 is 1.47 bits per heavy atom. The fourth-order valence-corrected chi connectivity index (χ4v) is 4.00. The van der Waals surface area contributed by atoms with Gasteiger partial charge in [0.15, 0.2) is 0 Å². The Labute approximate surface area is 307 Å². The van der Waals surface area contributed by atoms with Gasteiger partial charge in [-0.1, -0.05) is 116 Å². The van der Waals surface area contributed by atoms with Gasteiger partial charge in [-0.2, -0.15) is 6.20 Å². The number of aliphatic hydroxyl groups excluding tert-OH is 1. The van der Waals surface area contributed by atoms with E-state index in [1.807, 2.05) is 27.7 Å². The molecule has 0 spiro atoms. The number of rotatable bonds is 15. The van der Waals surface area contributed by atoms with Gasteiger partial charge >= 0.3 is 0 Å². The molecule has 1 rings (SSSR count). The van der Waals surface area contributed by atoms with E-state index in [0.717, 1.165) is 45.1 Å². The summed E-state index contributed by atoms with van der Waals surface area (Å²) in [5, 5.41) is 14.5. The van der Waals surface area contributed by atoms with Crippen molar-refractivity contribution in [2.24, 2.45) is 11.7 Å². The summed E-state index contributed by atoms with van der Waals surface area (Å²) in [6, 6.07) is 8.95. The minimum absolute atomic E-state index is 0. The molecule has 5 nitrogen and oxygen atoms in total. The van der Waals surface area contributed by atoms with Crippen molar-refractivity contribution >= 4 is 28.2 Å². The van der Waals surface area contributed by atoms with Crippen molar-refractivity contribution in [3.63, 3.8) is 0 Å². The predicted octanol–water partition coefficient (Wildman–Crippen LogP) is 10.4. The third-order valence-electron chi connectivity index (χ3n) is 5.71. The van der Waals surface area contributed by atoms with Crippen LogP contribution in [-0.2, 0) is 16.1 Å². The molecule has 2 unspecified atom stereocenters. The number of Topliss-reactive ketones (excluding diaryl/α,β-unsaturated/α-hetero) is 2. The Morgan fingerprint density at radius 1 is 0.956 bits per heavy atom. The number of carbonyl (C=O) groups is 2. The van der Waals surface area contributed by atoms with E-state index in [-0.39, 0.29) is 48.8 Å². The van der Waals surface area contributed by atoms with E-state index >= 15 is 0 Å². The van der Waals surface area contributed by atoms with Gasteiger partial charge in [-0.25, -0.2) is 0 Å². The number of hydrogen-bond acceptors (Lipinski definition) is 6. The number of thioether (sulfide) groups is 1. The van der Waals surface area contributed by atoms with Crippen LogP contribution in [0.2, 0.25) is 0 Å². The Balaban J connectivity index is -0.000000172. The van der Waals surface area contributed by atoms with Crippen molar-refractivity contribution in [2.45, 2.75) is 153 Å². The van der Waals surface area contributed by atoms with Crippen LogP contribution in [0.25, 0.3) is 4.91 Å². The van der Waals surface area contributed by atoms with Crippen LogP contribution >= 0.6 is 11.8 Å². The molecule has 0 radical (unpaired) electrons. The summed E-state index contributed by atoms with van der Waals surface area (Å²) in [5.74, 6) is 1.23. The van der Waals surface area contributed by atoms with Gasteiger partial charge in [0, 0.05) is 55.4 Å². The Hall–Kier alpha value is -1.10. The predicted molar refractivity (Wildman–Crippen MR) is 198 cm³/mol. The van der Waals surface area contributed by atoms with Crippen molar-refractivity contribution in [1.82, 2.24) is 5.32 Å². The molecule has 0 aromatic heterocycles. The molecule has 0 amide bonds. The van der Waals surface area contributed by atoms with Gasteiger partial charge in [0.05, 0.1) is 6.10 Å². The number of carbonyl (C=O) groups excluding carboxylic acids is 2. The molecule has 1 aromatic carbocycles. The molecular weight excluding hydrogens is 803 g/mol. The second kappa shape index (κ2) is 39.1. The van der Waals surface area contributed by atoms with Crippen LogP contribution in [0.15, 0.2) is 47.5 Å². The van der Waals surface area contributed by atoms with Gasteiger partial charge in [-0.15, -0.1) is 0 Å². The number of hydrogen-bond donors (Lipinski definition) is 3. The van der Waals surface area contributed by atoms with Gasteiger partial charge in [-0.3, -0.25) is 0 Å². The number of ketones is 2. The zero-order valence-corrected chi connectivity index (χ0v) is 35.9. The first-order valence-electron chi connectivity index (χ1n) is 16.4. The first-order valence-corrected chi connectivity index (χ1v) is 17.3. The molecule has 260 valence electrons. The summed E-state index contributed by atoms with van der Waals surface area (Å²) in [4.78, 5) is 21.2. The molecule has 0 fully saturated rings. The summed E-state index contributed by atoms with van der Waals surface area (Å²) in [7, 11) is 0. The van der Waals surface area contributed by atoms with Crippen LogP contribution in [0, 0.1) is 43.6 Å². The number of nitrogens with two attached hydrogens (primary N) is 1. The molecule has 4 N–H and O–H groups in total. The Morgan fingerprint density at radius 3 is 1.78 bits per heavy atom. The number of aliphatic hydroxyl groups is 1. The quantitative estimate of drug-likeness (QED) is 0.152. The van der Waals surface area contributed by atoms with Crippen molar-refractivity contribution in [1.29, 1.82) is 0 Å². The molecule has 45 heavy (non-hydrogen) atoms. The van der Waals surface area contributed by atoms with E-state index in [2.05, 4.69) is 82.6 Å². The third-order valence-corrected chi connectivity index (χ3v) is 6.91. The van der Waals surface area contributed by atoms with Crippen molar-refractivity contribution in [2.75, 3.05) is 0 Å². The topological polar surface area (TPSA) is 92.4 Å². The minimum Gasteiger partial charge on any atom is -0.497 e. The summed E-state index contributed by atoms with van der Waals surface area (Å²) >= 11 is 1.79. The van der Waals surface area contributed by atoms with E-state index in [1.165, 1.54) is 34.2 Å². The maximum Gasteiger partial charge on any atom is 0.129 e. The second-order valence-electron chi connectivity index (χ2n) is 11.4.